The van der Waals surface area contributed by atoms with Crippen LogP contribution in [-0.4, -0.2) is 57.7 Å². The van der Waals surface area contributed by atoms with Crippen molar-refractivity contribution in [3.63, 3.8) is 0 Å². The largest absolute Gasteiger partial charge is 0.543 e. The standard InChI is InChI=1S/C21H18N6O7S/c1-32-25-14(11-8-34-21(22)23-11)17(28)24-15-18(29)27-16(20(30)31)10(9-35-19(15)27)7-26-5-2-3-13-12(26)4-6-33-13/h2-6,8,15,19H,7,9H2,1H3,(H3-,22,23,24,28,30,31)/t15?,19-/m1/s1. The second-order valence-electron chi connectivity index (χ2n) is 7.60. The number of oxime groups is 1. The molecule has 2 amide bonds. The van der Waals surface area contributed by atoms with Gasteiger partial charge >= 0.3 is 0 Å². The van der Waals surface area contributed by atoms with Gasteiger partial charge in [-0.25, -0.2) is 0 Å². The summed E-state index contributed by atoms with van der Waals surface area (Å²) in [4.78, 5) is 47.5. The number of aliphatic carboxylic acids is 1. The molecule has 3 N–H and O–H groups in total. The third kappa shape index (κ3) is 3.86. The topological polar surface area (TPSA) is 180 Å². The number of hydrogen-bond acceptors (Lipinski definition) is 11. The van der Waals surface area contributed by atoms with Crippen molar-refractivity contribution in [2.75, 3.05) is 18.6 Å². The minimum absolute atomic E-state index is 0.0184. The molecule has 0 aliphatic carbocycles. The fraction of sp³-hybridized carbons (Fsp3) is 0.238. The fourth-order valence-corrected chi connectivity index (χ4v) is 5.36. The van der Waals surface area contributed by atoms with Gasteiger partial charge in [-0.05, 0) is 6.07 Å². The smallest absolute Gasteiger partial charge is 0.292 e. The van der Waals surface area contributed by atoms with Crippen LogP contribution in [0.2, 0.25) is 0 Å². The Morgan fingerprint density at radius 3 is 2.97 bits per heavy atom. The van der Waals surface area contributed by atoms with Crippen molar-refractivity contribution in [2.24, 2.45) is 5.16 Å². The second kappa shape index (κ2) is 8.79. The highest BCUT2D eigenvalue weighted by atomic mass is 32.2. The lowest BCUT2D eigenvalue weighted by atomic mass is 10.0. The van der Waals surface area contributed by atoms with Crippen molar-refractivity contribution in [3.8, 4) is 0 Å². The summed E-state index contributed by atoms with van der Waals surface area (Å²) >= 11 is 1.33. The number of carboxylic acids is 1. The van der Waals surface area contributed by atoms with E-state index in [1.165, 1.54) is 18.9 Å². The van der Waals surface area contributed by atoms with E-state index in [0.29, 0.717) is 16.9 Å². The van der Waals surface area contributed by atoms with Crippen LogP contribution in [0.3, 0.4) is 0 Å². The number of pyridine rings is 1. The summed E-state index contributed by atoms with van der Waals surface area (Å²) in [6, 6.07) is 4.19. The van der Waals surface area contributed by atoms with Gasteiger partial charge in [-0.2, -0.15) is 9.55 Å². The third-order valence-corrected chi connectivity index (χ3v) is 6.89. The van der Waals surface area contributed by atoms with Crippen LogP contribution in [0.4, 0.5) is 6.01 Å². The Bertz CT molecular complexity index is 1410. The molecule has 3 aromatic heterocycles. The van der Waals surface area contributed by atoms with E-state index >= 15 is 0 Å². The summed E-state index contributed by atoms with van der Waals surface area (Å²) in [5, 5.41) is 17.6. The summed E-state index contributed by atoms with van der Waals surface area (Å²) in [6.07, 6.45) is 4.46. The molecule has 5 heterocycles. The molecule has 180 valence electrons. The van der Waals surface area contributed by atoms with Gasteiger partial charge in [-0.3, -0.25) is 14.5 Å². The number of carbonyl (C=O) groups is 3. The Morgan fingerprint density at radius 2 is 2.26 bits per heavy atom. The summed E-state index contributed by atoms with van der Waals surface area (Å²) in [6.45, 7) is 0.221. The van der Waals surface area contributed by atoms with Gasteiger partial charge in [-0.1, -0.05) is 5.16 Å². The lowest BCUT2D eigenvalue weighted by Crippen LogP contribution is -2.71. The van der Waals surface area contributed by atoms with Crippen LogP contribution in [0.5, 0.6) is 0 Å². The molecule has 2 aliphatic rings. The minimum atomic E-state index is -1.47. The maximum atomic E-state index is 13.0. The number of β-lactam (4-membered cyclic amide) rings is 1. The monoisotopic (exact) mass is 498 g/mol. The van der Waals surface area contributed by atoms with Crippen LogP contribution in [0.1, 0.15) is 5.69 Å². The number of furan rings is 1. The highest BCUT2D eigenvalue weighted by Crippen LogP contribution is 2.40. The Morgan fingerprint density at radius 1 is 1.43 bits per heavy atom. The number of carbonyl (C=O) groups excluding carboxylic acids is 3. The number of carboxylic acid groups (broad SMARTS) is 1. The number of fused-ring (bicyclic) bond motifs is 2. The molecule has 3 aromatic rings. The zero-order chi connectivity index (χ0) is 24.7. The molecule has 1 unspecified atom stereocenters. The quantitative estimate of drug-likeness (QED) is 0.173. The Labute approximate surface area is 201 Å². The molecule has 35 heavy (non-hydrogen) atoms. The number of nitrogens with one attached hydrogen (secondary N) is 1. The first-order chi connectivity index (χ1) is 16.9. The molecule has 1 saturated heterocycles. The van der Waals surface area contributed by atoms with Crippen molar-refractivity contribution in [3.05, 3.63) is 53.9 Å². The van der Waals surface area contributed by atoms with E-state index < -0.39 is 29.2 Å². The van der Waals surface area contributed by atoms with Gasteiger partial charge < -0.3 is 34.6 Å². The van der Waals surface area contributed by atoms with Crippen LogP contribution in [0.25, 0.3) is 11.1 Å². The lowest BCUT2D eigenvalue weighted by molar-refractivity contribution is -0.663. The molecular weight excluding hydrogens is 480 g/mol. The second-order valence-corrected chi connectivity index (χ2v) is 8.71. The highest BCUT2D eigenvalue weighted by molar-refractivity contribution is 8.00. The maximum Gasteiger partial charge on any atom is 0.292 e. The molecule has 0 aromatic carbocycles. The average Bonchev–Trinajstić information content (AvgIpc) is 3.49. The first-order valence-corrected chi connectivity index (χ1v) is 11.3. The Kier molecular flexibility index (Phi) is 5.64. The number of anilines is 1. The van der Waals surface area contributed by atoms with Gasteiger partial charge in [0.2, 0.25) is 0 Å². The number of nitrogens with zero attached hydrogens (tertiary/aromatic N) is 4. The summed E-state index contributed by atoms with van der Waals surface area (Å²) in [7, 11) is 1.24. The van der Waals surface area contributed by atoms with Crippen molar-refractivity contribution >= 4 is 52.4 Å². The number of hydrogen-bond donors (Lipinski definition) is 2. The van der Waals surface area contributed by atoms with E-state index in [0.717, 1.165) is 16.7 Å². The summed E-state index contributed by atoms with van der Waals surface area (Å²) in [5.74, 6) is -2.51. The van der Waals surface area contributed by atoms with Crippen LogP contribution in [0, 0.1) is 0 Å². The molecule has 0 bridgehead atoms. The van der Waals surface area contributed by atoms with Crippen molar-refractivity contribution in [1.29, 1.82) is 0 Å². The van der Waals surface area contributed by atoms with Gasteiger partial charge in [0.05, 0.1) is 17.9 Å². The van der Waals surface area contributed by atoms with Crippen molar-refractivity contribution < 1.29 is 37.7 Å². The van der Waals surface area contributed by atoms with Gasteiger partial charge in [0.15, 0.2) is 24.0 Å². The van der Waals surface area contributed by atoms with Crippen molar-refractivity contribution in [1.82, 2.24) is 15.2 Å². The van der Waals surface area contributed by atoms with Gasteiger partial charge in [0.1, 0.15) is 30.5 Å². The van der Waals surface area contributed by atoms with E-state index in [4.69, 9.17) is 19.4 Å². The minimum Gasteiger partial charge on any atom is -0.543 e. The molecule has 0 radical (unpaired) electrons. The van der Waals surface area contributed by atoms with Crippen molar-refractivity contribution in [2.45, 2.75) is 18.0 Å². The normalized spacial score (nSPS) is 20.0. The van der Waals surface area contributed by atoms with E-state index in [1.54, 1.807) is 30.7 Å². The Hall–Kier alpha value is -4.33. The van der Waals surface area contributed by atoms with Gasteiger partial charge in [0.25, 0.3) is 23.3 Å². The number of amides is 2. The first-order valence-electron chi connectivity index (χ1n) is 10.3. The molecule has 0 saturated carbocycles. The number of oxazole rings is 1. The van der Waals surface area contributed by atoms with Crippen LogP contribution in [0.15, 0.2) is 62.2 Å². The van der Waals surface area contributed by atoms with E-state index in [9.17, 15) is 19.5 Å². The van der Waals surface area contributed by atoms with E-state index in [1.807, 2.05) is 4.57 Å². The SMILES string of the molecule is CON=C(C(=O)NC1C(=O)N2C(C(=O)[O-])=C(C[n+]3cccc4occc43)CS[C@H]12)c1coc(N)n1. The molecule has 2 atom stereocenters. The molecule has 5 rings (SSSR count). The number of nitrogen functional groups attached to an aromatic ring is 1. The zero-order valence-electron chi connectivity index (χ0n) is 18.2. The van der Waals surface area contributed by atoms with E-state index in [2.05, 4.69) is 15.5 Å². The third-order valence-electron chi connectivity index (χ3n) is 5.55. The van der Waals surface area contributed by atoms with E-state index in [-0.39, 0.29) is 29.7 Å². The van der Waals surface area contributed by atoms with Crippen LogP contribution < -0.4 is 20.7 Å². The van der Waals surface area contributed by atoms with Gasteiger partial charge in [-0.15, -0.1) is 11.8 Å². The summed E-state index contributed by atoms with van der Waals surface area (Å²) in [5.41, 5.74) is 6.95. The molecule has 13 nitrogen and oxygen atoms in total. The zero-order valence-corrected chi connectivity index (χ0v) is 19.0. The number of aromatic nitrogens is 2. The van der Waals surface area contributed by atoms with Crippen LogP contribution in [-0.2, 0) is 25.8 Å². The number of thioether (sulfide) groups is 1. The first kappa shape index (κ1) is 22.5. The molecule has 2 aliphatic heterocycles. The summed E-state index contributed by atoms with van der Waals surface area (Å²) < 4.78 is 12.1. The molecule has 0 spiro atoms. The van der Waals surface area contributed by atoms with Gasteiger partial charge in [0, 0.05) is 23.5 Å². The highest BCUT2D eigenvalue weighted by Gasteiger charge is 2.53. The molecular formula is C21H18N6O7S. The predicted octanol–water partition coefficient (Wildman–Crippen LogP) is -1.25. The maximum absolute atomic E-state index is 13.0. The number of nitrogens with two attached hydrogens (primary N) is 1. The van der Waals surface area contributed by atoms with Crippen LogP contribution >= 0.6 is 11.8 Å². The predicted molar refractivity (Wildman–Crippen MR) is 118 cm³/mol. The molecule has 14 heteroatoms. The number of rotatable bonds is 7. The molecule has 1 fully saturated rings. The lowest BCUT2D eigenvalue weighted by Gasteiger charge is -2.50. The fourth-order valence-electron chi connectivity index (χ4n) is 4.03. The Balaban J connectivity index is 1.38. The average molecular weight is 498 g/mol.